The topological polar surface area (TPSA) is 52.5 Å². The molecule has 3 rings (SSSR count). The van der Waals surface area contributed by atoms with E-state index in [2.05, 4.69) is 32.0 Å². The first-order valence-electron chi connectivity index (χ1n) is 5.52. The van der Waals surface area contributed by atoms with Crippen molar-refractivity contribution in [3.05, 3.63) is 52.3 Å². The van der Waals surface area contributed by atoms with Crippen molar-refractivity contribution >= 4 is 27.0 Å². The SMILES string of the molecule is N#Cc1ccc2nc(-c3ccc(Br)cc3F)[nH]c2c1. The van der Waals surface area contributed by atoms with Gasteiger partial charge in [0, 0.05) is 4.47 Å². The van der Waals surface area contributed by atoms with Crippen LogP contribution in [0.4, 0.5) is 4.39 Å². The molecule has 3 aromatic rings. The average Bonchev–Trinajstić information content (AvgIpc) is 2.80. The highest BCUT2D eigenvalue weighted by Crippen LogP contribution is 2.25. The second-order valence-corrected chi connectivity index (χ2v) is 4.97. The molecule has 2 aromatic carbocycles. The number of nitrogens with one attached hydrogen (secondary N) is 1. The Kier molecular flexibility index (Phi) is 2.80. The van der Waals surface area contributed by atoms with E-state index in [0.717, 1.165) is 5.52 Å². The highest BCUT2D eigenvalue weighted by Gasteiger charge is 2.10. The molecular formula is C14H7BrFN3. The number of H-pyrrole nitrogens is 1. The van der Waals surface area contributed by atoms with Gasteiger partial charge in [0.25, 0.3) is 0 Å². The molecule has 0 aliphatic carbocycles. The third-order valence-electron chi connectivity index (χ3n) is 2.80. The molecule has 1 N–H and O–H groups in total. The van der Waals surface area contributed by atoms with Crippen molar-refractivity contribution in [2.45, 2.75) is 0 Å². The summed E-state index contributed by atoms with van der Waals surface area (Å²) in [6.07, 6.45) is 0. The second-order valence-electron chi connectivity index (χ2n) is 4.05. The van der Waals surface area contributed by atoms with Crippen molar-refractivity contribution in [2.24, 2.45) is 0 Å². The molecule has 0 amide bonds. The van der Waals surface area contributed by atoms with E-state index in [1.54, 1.807) is 30.3 Å². The maximum absolute atomic E-state index is 13.9. The lowest BCUT2D eigenvalue weighted by molar-refractivity contribution is 0.629. The molecular weight excluding hydrogens is 309 g/mol. The van der Waals surface area contributed by atoms with Crippen LogP contribution in [-0.4, -0.2) is 9.97 Å². The standard InChI is InChI=1S/C14H7BrFN3/c15-9-2-3-10(11(16)6-9)14-18-12-4-1-8(7-17)5-13(12)19-14/h1-6H,(H,18,19). The monoisotopic (exact) mass is 315 g/mol. The van der Waals surface area contributed by atoms with Crippen LogP contribution >= 0.6 is 15.9 Å². The minimum absolute atomic E-state index is 0.353. The fraction of sp³-hybridized carbons (Fsp3) is 0. The van der Waals surface area contributed by atoms with Gasteiger partial charge in [-0.2, -0.15) is 5.26 Å². The Bertz CT molecular complexity index is 817. The van der Waals surface area contributed by atoms with Gasteiger partial charge < -0.3 is 4.98 Å². The summed E-state index contributed by atoms with van der Waals surface area (Å²) in [6, 6.07) is 12.0. The maximum atomic E-state index is 13.9. The number of nitriles is 1. The number of aromatic nitrogens is 2. The summed E-state index contributed by atoms with van der Waals surface area (Å²) in [5.74, 6) is 0.101. The van der Waals surface area contributed by atoms with Crippen LogP contribution in [0.15, 0.2) is 40.9 Å². The largest absolute Gasteiger partial charge is 0.338 e. The van der Waals surface area contributed by atoms with E-state index in [9.17, 15) is 4.39 Å². The number of hydrogen-bond donors (Lipinski definition) is 1. The van der Waals surface area contributed by atoms with Gasteiger partial charge in [-0.15, -0.1) is 0 Å². The zero-order valence-electron chi connectivity index (χ0n) is 9.61. The molecule has 0 spiro atoms. The molecule has 0 saturated heterocycles. The average molecular weight is 316 g/mol. The molecule has 92 valence electrons. The Morgan fingerprint density at radius 2 is 2.05 bits per heavy atom. The lowest BCUT2D eigenvalue weighted by Crippen LogP contribution is -1.86. The highest BCUT2D eigenvalue weighted by molar-refractivity contribution is 9.10. The fourth-order valence-electron chi connectivity index (χ4n) is 1.89. The molecule has 5 heteroatoms. The van der Waals surface area contributed by atoms with Crippen molar-refractivity contribution in [3.63, 3.8) is 0 Å². The van der Waals surface area contributed by atoms with Crippen LogP contribution in [0.5, 0.6) is 0 Å². The van der Waals surface area contributed by atoms with Crippen LogP contribution in [0, 0.1) is 17.1 Å². The molecule has 1 aromatic heterocycles. The van der Waals surface area contributed by atoms with Crippen molar-refractivity contribution in [3.8, 4) is 17.5 Å². The molecule has 0 radical (unpaired) electrons. The van der Waals surface area contributed by atoms with Crippen molar-refractivity contribution in [1.82, 2.24) is 9.97 Å². The first-order chi connectivity index (χ1) is 9.17. The number of aromatic amines is 1. The minimum atomic E-state index is -0.353. The summed E-state index contributed by atoms with van der Waals surface area (Å²) in [4.78, 5) is 7.36. The minimum Gasteiger partial charge on any atom is -0.338 e. The van der Waals surface area contributed by atoms with Crippen LogP contribution in [-0.2, 0) is 0 Å². The van der Waals surface area contributed by atoms with E-state index >= 15 is 0 Å². The number of hydrogen-bond acceptors (Lipinski definition) is 2. The van der Waals surface area contributed by atoms with E-state index in [4.69, 9.17) is 5.26 Å². The van der Waals surface area contributed by atoms with Crippen LogP contribution in [0.25, 0.3) is 22.4 Å². The molecule has 3 nitrogen and oxygen atoms in total. The highest BCUT2D eigenvalue weighted by atomic mass is 79.9. The van der Waals surface area contributed by atoms with Crippen LogP contribution in [0.3, 0.4) is 0 Å². The lowest BCUT2D eigenvalue weighted by Gasteiger charge is -1.99. The molecule has 0 saturated carbocycles. The van der Waals surface area contributed by atoms with Gasteiger partial charge in [0.2, 0.25) is 0 Å². The van der Waals surface area contributed by atoms with E-state index in [0.29, 0.717) is 26.9 Å². The van der Waals surface area contributed by atoms with E-state index < -0.39 is 0 Å². The van der Waals surface area contributed by atoms with Crippen LogP contribution in [0.2, 0.25) is 0 Å². The molecule has 1 heterocycles. The molecule has 0 bridgehead atoms. The number of fused-ring (bicyclic) bond motifs is 1. The number of halogens is 2. The summed E-state index contributed by atoms with van der Waals surface area (Å²) in [5, 5.41) is 8.85. The van der Waals surface area contributed by atoms with Gasteiger partial charge in [-0.1, -0.05) is 15.9 Å². The molecule has 0 aliphatic heterocycles. The van der Waals surface area contributed by atoms with Crippen molar-refractivity contribution < 1.29 is 4.39 Å². The Morgan fingerprint density at radius 1 is 1.21 bits per heavy atom. The van der Waals surface area contributed by atoms with E-state index in [-0.39, 0.29) is 5.82 Å². The zero-order chi connectivity index (χ0) is 13.4. The Balaban J connectivity index is 2.18. The smallest absolute Gasteiger partial charge is 0.141 e. The predicted octanol–water partition coefficient (Wildman–Crippen LogP) is 4.00. The summed E-state index contributed by atoms with van der Waals surface area (Å²) in [5.41, 5.74) is 2.37. The van der Waals surface area contributed by atoms with Gasteiger partial charge >= 0.3 is 0 Å². The second kappa shape index (κ2) is 4.48. The molecule has 0 atom stereocenters. The van der Waals surface area contributed by atoms with E-state index in [1.165, 1.54) is 6.07 Å². The molecule has 0 fully saturated rings. The third-order valence-corrected chi connectivity index (χ3v) is 3.29. The van der Waals surface area contributed by atoms with E-state index in [1.807, 2.05) is 0 Å². The van der Waals surface area contributed by atoms with Crippen LogP contribution in [0.1, 0.15) is 5.56 Å². The first-order valence-corrected chi connectivity index (χ1v) is 6.32. The Morgan fingerprint density at radius 3 is 2.79 bits per heavy atom. The molecule has 19 heavy (non-hydrogen) atoms. The van der Waals surface area contributed by atoms with Gasteiger partial charge in [0.05, 0.1) is 28.2 Å². The summed E-state index contributed by atoms with van der Waals surface area (Å²) in [6.45, 7) is 0. The normalized spacial score (nSPS) is 10.6. The fourth-order valence-corrected chi connectivity index (χ4v) is 2.22. The van der Waals surface area contributed by atoms with Gasteiger partial charge in [0.1, 0.15) is 11.6 Å². The number of rotatable bonds is 1. The predicted molar refractivity (Wildman–Crippen MR) is 73.9 cm³/mol. The molecule has 0 unspecified atom stereocenters. The van der Waals surface area contributed by atoms with Gasteiger partial charge in [-0.25, -0.2) is 9.37 Å². The van der Waals surface area contributed by atoms with Crippen LogP contribution < -0.4 is 0 Å². The maximum Gasteiger partial charge on any atom is 0.141 e. The third kappa shape index (κ3) is 2.11. The van der Waals surface area contributed by atoms with Crippen molar-refractivity contribution in [1.29, 1.82) is 5.26 Å². The summed E-state index contributed by atoms with van der Waals surface area (Å²) in [7, 11) is 0. The zero-order valence-corrected chi connectivity index (χ0v) is 11.2. The lowest BCUT2D eigenvalue weighted by atomic mass is 10.2. The summed E-state index contributed by atoms with van der Waals surface area (Å²) < 4.78 is 14.5. The van der Waals surface area contributed by atoms with Gasteiger partial charge in [-0.3, -0.25) is 0 Å². The number of nitrogens with zero attached hydrogens (tertiary/aromatic N) is 2. The number of benzene rings is 2. The van der Waals surface area contributed by atoms with Crippen molar-refractivity contribution in [2.75, 3.05) is 0 Å². The van der Waals surface area contributed by atoms with Gasteiger partial charge in [-0.05, 0) is 36.4 Å². The Labute approximate surface area is 116 Å². The van der Waals surface area contributed by atoms with Gasteiger partial charge in [0.15, 0.2) is 0 Å². The quantitative estimate of drug-likeness (QED) is 0.737. The molecule has 0 aliphatic rings. The Hall–Kier alpha value is -2.19. The number of imidazole rings is 1. The summed E-state index contributed by atoms with van der Waals surface area (Å²) >= 11 is 3.22. The first kappa shape index (κ1) is 11.9.